The molecule has 1 amide bonds. The first kappa shape index (κ1) is 17.1. The molecule has 2 aromatic carbocycles. The number of carbonyl (C=O) groups excluding carboxylic acids is 2. The topological polar surface area (TPSA) is 46.2 Å². The Kier molecular flexibility index (Phi) is 5.41. The van der Waals surface area contributed by atoms with E-state index in [1.54, 1.807) is 6.07 Å². The molecule has 0 aliphatic carbocycles. The van der Waals surface area contributed by atoms with Gasteiger partial charge in [0.2, 0.25) is 5.91 Å². The maximum absolute atomic E-state index is 12.6. The Labute approximate surface area is 151 Å². The molecule has 1 N–H and O–H groups in total. The molecule has 3 rings (SSSR count). The van der Waals surface area contributed by atoms with Gasteiger partial charge in [0.1, 0.15) is 0 Å². The van der Waals surface area contributed by atoms with Crippen LogP contribution in [0.5, 0.6) is 0 Å². The number of amides is 1. The quantitative estimate of drug-likeness (QED) is 0.671. The highest BCUT2D eigenvalue weighted by molar-refractivity contribution is 7.12. The van der Waals surface area contributed by atoms with E-state index in [1.165, 1.54) is 18.3 Å². The maximum Gasteiger partial charge on any atom is 0.225 e. The van der Waals surface area contributed by atoms with Crippen LogP contribution in [-0.4, -0.2) is 11.7 Å². The number of benzene rings is 2. The fraction of sp³-hybridized carbons (Fsp3) is 0.143. The van der Waals surface area contributed by atoms with Crippen molar-refractivity contribution in [2.24, 2.45) is 0 Å². The standard InChI is InChI=1S/C21H19NO2S/c1-15(23)19-12-16(14-25-19)13-20(24)22-21(17-8-4-2-5-9-17)18-10-6-3-7-11-18/h2-12,14,21H,13H2,1H3,(H,22,24). The van der Waals surface area contributed by atoms with Gasteiger partial charge >= 0.3 is 0 Å². The Bertz CT molecular complexity index is 816. The Morgan fingerprint density at radius 2 is 1.52 bits per heavy atom. The molecule has 0 bridgehead atoms. The van der Waals surface area contributed by atoms with Gasteiger partial charge in [-0.05, 0) is 35.1 Å². The van der Waals surface area contributed by atoms with Crippen LogP contribution in [0.25, 0.3) is 0 Å². The molecule has 4 heteroatoms. The molecular formula is C21H19NO2S. The van der Waals surface area contributed by atoms with E-state index in [2.05, 4.69) is 5.32 Å². The van der Waals surface area contributed by atoms with Crippen molar-refractivity contribution in [3.63, 3.8) is 0 Å². The van der Waals surface area contributed by atoms with Gasteiger partial charge in [-0.15, -0.1) is 11.3 Å². The summed E-state index contributed by atoms with van der Waals surface area (Å²) in [4.78, 5) is 24.6. The molecule has 3 aromatic rings. The molecule has 0 saturated carbocycles. The number of rotatable bonds is 6. The minimum atomic E-state index is -0.194. The van der Waals surface area contributed by atoms with E-state index in [4.69, 9.17) is 0 Å². The van der Waals surface area contributed by atoms with Crippen LogP contribution in [0.15, 0.2) is 72.1 Å². The minimum absolute atomic E-state index is 0.0307. The van der Waals surface area contributed by atoms with Crippen molar-refractivity contribution < 1.29 is 9.59 Å². The zero-order valence-corrected chi connectivity index (χ0v) is 14.8. The summed E-state index contributed by atoms with van der Waals surface area (Å²) in [5, 5.41) is 4.99. The molecular weight excluding hydrogens is 330 g/mol. The molecule has 126 valence electrons. The Morgan fingerprint density at radius 3 is 2.00 bits per heavy atom. The van der Waals surface area contributed by atoms with E-state index in [0.717, 1.165) is 16.7 Å². The second-order valence-corrected chi connectivity index (χ2v) is 6.79. The molecule has 0 radical (unpaired) electrons. The zero-order valence-electron chi connectivity index (χ0n) is 13.9. The molecule has 0 aliphatic heterocycles. The van der Waals surface area contributed by atoms with E-state index in [-0.39, 0.29) is 24.2 Å². The maximum atomic E-state index is 12.6. The number of thiophene rings is 1. The van der Waals surface area contributed by atoms with Gasteiger partial charge in [-0.1, -0.05) is 60.7 Å². The molecule has 1 heterocycles. The Hall–Kier alpha value is -2.72. The number of hydrogen-bond acceptors (Lipinski definition) is 3. The second kappa shape index (κ2) is 7.90. The summed E-state index contributed by atoms with van der Waals surface area (Å²) in [5.41, 5.74) is 2.95. The SMILES string of the molecule is CC(=O)c1cc(CC(=O)NC(c2ccccc2)c2ccccc2)cs1. The van der Waals surface area contributed by atoms with E-state index >= 15 is 0 Å². The van der Waals surface area contributed by atoms with Gasteiger partial charge in [-0.3, -0.25) is 9.59 Å². The monoisotopic (exact) mass is 349 g/mol. The van der Waals surface area contributed by atoms with Crippen molar-refractivity contribution in [1.29, 1.82) is 0 Å². The number of nitrogens with one attached hydrogen (secondary N) is 1. The van der Waals surface area contributed by atoms with Gasteiger partial charge < -0.3 is 5.32 Å². The van der Waals surface area contributed by atoms with Crippen molar-refractivity contribution in [3.8, 4) is 0 Å². The summed E-state index contributed by atoms with van der Waals surface area (Å²) in [7, 11) is 0. The smallest absolute Gasteiger partial charge is 0.225 e. The molecule has 0 spiro atoms. The van der Waals surface area contributed by atoms with E-state index < -0.39 is 0 Å². The lowest BCUT2D eigenvalue weighted by molar-refractivity contribution is -0.120. The largest absolute Gasteiger partial charge is 0.345 e. The minimum Gasteiger partial charge on any atom is -0.345 e. The lowest BCUT2D eigenvalue weighted by Gasteiger charge is -2.19. The third-order valence-electron chi connectivity index (χ3n) is 3.94. The highest BCUT2D eigenvalue weighted by Crippen LogP contribution is 2.22. The summed E-state index contributed by atoms with van der Waals surface area (Å²) in [6.45, 7) is 1.54. The molecule has 0 atom stereocenters. The van der Waals surface area contributed by atoms with Crippen LogP contribution in [-0.2, 0) is 11.2 Å². The van der Waals surface area contributed by atoms with Gasteiger partial charge in [-0.25, -0.2) is 0 Å². The predicted octanol–water partition coefficient (Wildman–Crippen LogP) is 4.40. The van der Waals surface area contributed by atoms with Crippen molar-refractivity contribution in [1.82, 2.24) is 5.32 Å². The fourth-order valence-corrected chi connectivity index (χ4v) is 3.52. The van der Waals surface area contributed by atoms with Crippen LogP contribution < -0.4 is 5.32 Å². The van der Waals surface area contributed by atoms with Gasteiger partial charge in [0.25, 0.3) is 0 Å². The summed E-state index contributed by atoms with van der Waals surface area (Å²) in [6.07, 6.45) is 0.264. The first-order valence-corrected chi connectivity index (χ1v) is 8.99. The van der Waals surface area contributed by atoms with Crippen molar-refractivity contribution >= 4 is 23.0 Å². The van der Waals surface area contributed by atoms with Crippen LogP contribution in [0.3, 0.4) is 0 Å². The third-order valence-corrected chi connectivity index (χ3v) is 5.02. The van der Waals surface area contributed by atoms with E-state index in [1.807, 2.05) is 66.0 Å². The van der Waals surface area contributed by atoms with E-state index in [0.29, 0.717) is 4.88 Å². The van der Waals surface area contributed by atoms with Gasteiger partial charge in [0.05, 0.1) is 17.3 Å². The molecule has 0 saturated heterocycles. The summed E-state index contributed by atoms with van der Waals surface area (Å²) >= 11 is 1.38. The highest BCUT2D eigenvalue weighted by atomic mass is 32.1. The first-order valence-electron chi connectivity index (χ1n) is 8.11. The van der Waals surface area contributed by atoms with Crippen molar-refractivity contribution in [2.45, 2.75) is 19.4 Å². The van der Waals surface area contributed by atoms with Gasteiger partial charge in [0, 0.05) is 0 Å². The Morgan fingerprint density at radius 1 is 0.960 bits per heavy atom. The average Bonchev–Trinajstić information content (AvgIpc) is 3.10. The molecule has 1 aromatic heterocycles. The predicted molar refractivity (Wildman–Crippen MR) is 101 cm³/mol. The number of Topliss-reactive ketones (excluding diaryl/α,β-unsaturated/α-hetero) is 1. The van der Waals surface area contributed by atoms with Crippen LogP contribution in [0.1, 0.15) is 39.3 Å². The molecule has 0 fully saturated rings. The van der Waals surface area contributed by atoms with Gasteiger partial charge in [-0.2, -0.15) is 0 Å². The Balaban J connectivity index is 1.78. The number of hydrogen-bond donors (Lipinski definition) is 1. The summed E-state index contributed by atoms with van der Waals surface area (Å²) in [6, 6.07) is 21.4. The summed E-state index contributed by atoms with van der Waals surface area (Å²) < 4.78 is 0. The zero-order chi connectivity index (χ0) is 17.6. The lowest BCUT2D eigenvalue weighted by atomic mass is 9.98. The van der Waals surface area contributed by atoms with E-state index in [9.17, 15) is 9.59 Å². The van der Waals surface area contributed by atoms with Gasteiger partial charge in [0.15, 0.2) is 5.78 Å². The van der Waals surface area contributed by atoms with Crippen LogP contribution in [0.2, 0.25) is 0 Å². The fourth-order valence-electron chi connectivity index (χ4n) is 2.70. The normalized spacial score (nSPS) is 10.6. The third kappa shape index (κ3) is 4.43. The highest BCUT2D eigenvalue weighted by Gasteiger charge is 2.17. The van der Waals surface area contributed by atoms with Crippen LogP contribution in [0.4, 0.5) is 0 Å². The molecule has 0 aliphatic rings. The number of ketones is 1. The van der Waals surface area contributed by atoms with Crippen LogP contribution >= 0.6 is 11.3 Å². The summed E-state index contributed by atoms with van der Waals surface area (Å²) in [5.74, 6) is -0.0336. The second-order valence-electron chi connectivity index (χ2n) is 5.87. The first-order chi connectivity index (χ1) is 12.1. The lowest BCUT2D eigenvalue weighted by Crippen LogP contribution is -2.30. The van der Waals surface area contributed by atoms with Crippen LogP contribution in [0, 0.1) is 0 Å². The molecule has 0 unspecified atom stereocenters. The number of carbonyl (C=O) groups is 2. The van der Waals surface area contributed by atoms with Crippen molar-refractivity contribution in [2.75, 3.05) is 0 Å². The van der Waals surface area contributed by atoms with Crippen molar-refractivity contribution in [3.05, 3.63) is 93.7 Å². The molecule has 3 nitrogen and oxygen atoms in total. The average molecular weight is 349 g/mol. The molecule has 25 heavy (non-hydrogen) atoms.